The molecule has 0 fully saturated rings. The van der Waals surface area contributed by atoms with E-state index >= 15 is 0 Å². The van der Waals surface area contributed by atoms with Gasteiger partial charge in [0.25, 0.3) is 5.56 Å². The van der Waals surface area contributed by atoms with Crippen molar-refractivity contribution in [3.05, 3.63) is 40.3 Å². The number of aromatic amines is 1. The Kier molecular flexibility index (Phi) is 2.21. The Labute approximate surface area is 85.5 Å². The van der Waals surface area contributed by atoms with Crippen molar-refractivity contribution >= 4 is 0 Å². The van der Waals surface area contributed by atoms with Gasteiger partial charge in [0.2, 0.25) is 5.88 Å². The van der Waals surface area contributed by atoms with Crippen LogP contribution in [0.15, 0.2) is 29.2 Å². The molecule has 2 aromatic rings. The zero-order valence-electron chi connectivity index (χ0n) is 8.06. The Morgan fingerprint density at radius 1 is 1.40 bits per heavy atom. The molecule has 15 heavy (non-hydrogen) atoms. The summed E-state index contributed by atoms with van der Waals surface area (Å²) in [6, 6.07) is 5.24. The summed E-state index contributed by atoms with van der Waals surface area (Å²) in [6.07, 6.45) is 1.59. The summed E-state index contributed by atoms with van der Waals surface area (Å²) in [6.45, 7) is 1.50. The molecule has 0 spiro atoms. The van der Waals surface area contributed by atoms with Gasteiger partial charge in [-0.25, -0.2) is 0 Å². The van der Waals surface area contributed by atoms with Crippen molar-refractivity contribution < 1.29 is 5.11 Å². The van der Waals surface area contributed by atoms with E-state index in [1.54, 1.807) is 24.4 Å². The Bertz CT molecular complexity index is 534. The number of pyridine rings is 1. The number of hydrogen-bond acceptors (Lipinski definition) is 4. The summed E-state index contributed by atoms with van der Waals surface area (Å²) < 4.78 is 0. The van der Waals surface area contributed by atoms with Gasteiger partial charge < -0.3 is 10.1 Å². The molecule has 0 atom stereocenters. The molecular weight excluding hydrogens is 194 g/mol. The SMILES string of the molecule is Cc1c(O)nc(-c2ccccn2)[nH]c1=O. The van der Waals surface area contributed by atoms with Crippen molar-refractivity contribution in [2.24, 2.45) is 0 Å². The van der Waals surface area contributed by atoms with Crippen molar-refractivity contribution in [3.8, 4) is 17.4 Å². The monoisotopic (exact) mass is 203 g/mol. The van der Waals surface area contributed by atoms with E-state index in [9.17, 15) is 9.90 Å². The molecule has 2 rings (SSSR count). The molecule has 0 saturated heterocycles. The van der Waals surface area contributed by atoms with E-state index in [2.05, 4.69) is 15.0 Å². The fraction of sp³-hybridized carbons (Fsp3) is 0.100. The van der Waals surface area contributed by atoms with Crippen LogP contribution in [0.5, 0.6) is 5.88 Å². The number of H-pyrrole nitrogens is 1. The molecule has 0 unspecified atom stereocenters. The molecule has 0 bridgehead atoms. The molecule has 0 aromatic carbocycles. The Morgan fingerprint density at radius 3 is 2.80 bits per heavy atom. The van der Waals surface area contributed by atoms with Crippen LogP contribution in [0.1, 0.15) is 5.56 Å². The minimum Gasteiger partial charge on any atom is -0.493 e. The first-order chi connectivity index (χ1) is 7.18. The minimum absolute atomic E-state index is 0.203. The van der Waals surface area contributed by atoms with E-state index in [0.29, 0.717) is 5.69 Å². The number of nitrogens with one attached hydrogen (secondary N) is 1. The zero-order valence-corrected chi connectivity index (χ0v) is 8.06. The van der Waals surface area contributed by atoms with Gasteiger partial charge in [0.15, 0.2) is 5.82 Å². The number of nitrogens with zero attached hydrogens (tertiary/aromatic N) is 2. The highest BCUT2D eigenvalue weighted by molar-refractivity contribution is 5.49. The average Bonchev–Trinajstić information content (AvgIpc) is 2.26. The van der Waals surface area contributed by atoms with E-state index < -0.39 is 0 Å². The van der Waals surface area contributed by atoms with Crippen LogP contribution >= 0.6 is 0 Å². The third-order valence-electron chi connectivity index (χ3n) is 2.03. The first-order valence-corrected chi connectivity index (χ1v) is 4.40. The van der Waals surface area contributed by atoms with Crippen molar-refractivity contribution in [2.75, 3.05) is 0 Å². The van der Waals surface area contributed by atoms with Crippen LogP contribution in [0.2, 0.25) is 0 Å². The van der Waals surface area contributed by atoms with Gasteiger partial charge in [-0.15, -0.1) is 0 Å². The molecule has 2 heterocycles. The first kappa shape index (κ1) is 9.39. The largest absolute Gasteiger partial charge is 0.493 e. The summed E-state index contributed by atoms with van der Waals surface area (Å²) in [5, 5.41) is 9.38. The number of aromatic hydroxyl groups is 1. The van der Waals surface area contributed by atoms with Crippen LogP contribution in [0, 0.1) is 6.92 Å². The second-order valence-electron chi connectivity index (χ2n) is 3.08. The fourth-order valence-electron chi connectivity index (χ4n) is 1.14. The number of rotatable bonds is 1. The molecule has 0 aliphatic carbocycles. The van der Waals surface area contributed by atoms with E-state index in [-0.39, 0.29) is 22.8 Å². The molecular formula is C10H9N3O2. The van der Waals surface area contributed by atoms with E-state index in [0.717, 1.165) is 0 Å². The molecule has 0 saturated carbocycles. The second-order valence-corrected chi connectivity index (χ2v) is 3.08. The normalized spacial score (nSPS) is 10.2. The fourth-order valence-corrected chi connectivity index (χ4v) is 1.14. The molecule has 0 amide bonds. The summed E-state index contributed by atoms with van der Waals surface area (Å²) >= 11 is 0. The van der Waals surface area contributed by atoms with E-state index in [1.807, 2.05) is 0 Å². The van der Waals surface area contributed by atoms with Gasteiger partial charge in [0, 0.05) is 6.20 Å². The highest BCUT2D eigenvalue weighted by Crippen LogP contribution is 2.13. The van der Waals surface area contributed by atoms with Crippen LogP contribution in [0.25, 0.3) is 11.5 Å². The molecule has 76 valence electrons. The van der Waals surface area contributed by atoms with Crippen LogP contribution in [-0.2, 0) is 0 Å². The highest BCUT2D eigenvalue weighted by Gasteiger charge is 2.07. The Morgan fingerprint density at radius 2 is 2.20 bits per heavy atom. The lowest BCUT2D eigenvalue weighted by Crippen LogP contribution is -2.12. The molecule has 2 N–H and O–H groups in total. The van der Waals surface area contributed by atoms with Crippen LogP contribution < -0.4 is 5.56 Å². The van der Waals surface area contributed by atoms with Crippen molar-refractivity contribution in [1.82, 2.24) is 15.0 Å². The highest BCUT2D eigenvalue weighted by atomic mass is 16.3. The Balaban J connectivity index is 2.61. The van der Waals surface area contributed by atoms with Gasteiger partial charge in [-0.1, -0.05) is 6.07 Å². The predicted octanol–water partition coefficient (Wildman–Crippen LogP) is 0.846. The predicted molar refractivity (Wildman–Crippen MR) is 54.5 cm³/mol. The minimum atomic E-state index is -0.358. The van der Waals surface area contributed by atoms with Crippen LogP contribution in [0.3, 0.4) is 0 Å². The number of aromatic nitrogens is 3. The molecule has 0 radical (unpaired) electrons. The molecule has 5 heteroatoms. The first-order valence-electron chi connectivity index (χ1n) is 4.40. The third-order valence-corrected chi connectivity index (χ3v) is 2.03. The summed E-state index contributed by atoms with van der Waals surface area (Å²) in [5.41, 5.74) is 0.364. The Hall–Kier alpha value is -2.17. The summed E-state index contributed by atoms with van der Waals surface area (Å²) in [5.74, 6) is 0.00287. The lowest BCUT2D eigenvalue weighted by atomic mass is 10.3. The maximum Gasteiger partial charge on any atom is 0.257 e. The number of hydrogen-bond donors (Lipinski definition) is 2. The molecule has 0 aliphatic rings. The standard InChI is InChI=1S/C10H9N3O2/c1-6-9(14)12-8(13-10(6)15)7-4-2-3-5-11-7/h2-5H,1H3,(H2,12,13,14,15). The van der Waals surface area contributed by atoms with Gasteiger partial charge in [0.1, 0.15) is 5.69 Å². The smallest absolute Gasteiger partial charge is 0.257 e. The average molecular weight is 203 g/mol. The molecule has 0 aliphatic heterocycles. The maximum atomic E-state index is 11.4. The second kappa shape index (κ2) is 3.53. The van der Waals surface area contributed by atoms with Crippen molar-refractivity contribution in [3.63, 3.8) is 0 Å². The van der Waals surface area contributed by atoms with E-state index in [1.165, 1.54) is 6.92 Å². The topological polar surface area (TPSA) is 78.9 Å². The van der Waals surface area contributed by atoms with Crippen LogP contribution in [0.4, 0.5) is 0 Å². The van der Waals surface area contributed by atoms with Crippen molar-refractivity contribution in [2.45, 2.75) is 6.92 Å². The maximum absolute atomic E-state index is 11.4. The van der Waals surface area contributed by atoms with Crippen molar-refractivity contribution in [1.29, 1.82) is 0 Å². The lowest BCUT2D eigenvalue weighted by molar-refractivity contribution is 0.447. The van der Waals surface area contributed by atoms with Gasteiger partial charge in [-0.05, 0) is 19.1 Å². The summed E-state index contributed by atoms with van der Waals surface area (Å²) in [7, 11) is 0. The third kappa shape index (κ3) is 1.71. The van der Waals surface area contributed by atoms with Gasteiger partial charge in [-0.3, -0.25) is 9.78 Å². The zero-order chi connectivity index (χ0) is 10.8. The quantitative estimate of drug-likeness (QED) is 0.720. The lowest BCUT2D eigenvalue weighted by Gasteiger charge is -2.01. The van der Waals surface area contributed by atoms with E-state index in [4.69, 9.17) is 0 Å². The molecule has 5 nitrogen and oxygen atoms in total. The van der Waals surface area contributed by atoms with Crippen LogP contribution in [-0.4, -0.2) is 20.1 Å². The van der Waals surface area contributed by atoms with Gasteiger partial charge >= 0.3 is 0 Å². The molecule has 2 aromatic heterocycles. The van der Waals surface area contributed by atoms with Gasteiger partial charge in [-0.2, -0.15) is 4.98 Å². The summed E-state index contributed by atoms with van der Waals surface area (Å²) in [4.78, 5) is 21.8. The van der Waals surface area contributed by atoms with Gasteiger partial charge in [0.05, 0.1) is 5.56 Å².